The SMILES string of the molecule is CCC(c1ccccc1)n1c(C2CCCC2)nc(=O)c(S(=O)(=O)c2ccc(-c3cncc(F)c3)cc2)c1O. The first-order valence-electron chi connectivity index (χ1n) is 12.7. The maximum atomic E-state index is 13.7. The van der Waals surface area contributed by atoms with Crippen molar-refractivity contribution in [2.24, 2.45) is 0 Å². The fourth-order valence-corrected chi connectivity index (χ4v) is 6.64. The van der Waals surface area contributed by atoms with Crippen molar-refractivity contribution >= 4 is 9.84 Å². The van der Waals surface area contributed by atoms with Crippen LogP contribution in [0.4, 0.5) is 4.39 Å². The molecule has 1 unspecified atom stereocenters. The lowest BCUT2D eigenvalue weighted by molar-refractivity contribution is 0.352. The van der Waals surface area contributed by atoms with Crippen LogP contribution in [0, 0.1) is 5.82 Å². The monoisotopic (exact) mass is 533 g/mol. The third-order valence-electron chi connectivity index (χ3n) is 7.16. The molecule has 0 amide bonds. The number of aromatic hydroxyl groups is 1. The van der Waals surface area contributed by atoms with Crippen LogP contribution in [-0.4, -0.2) is 28.1 Å². The number of sulfone groups is 1. The minimum absolute atomic E-state index is 0.0396. The molecule has 9 heteroatoms. The lowest BCUT2D eigenvalue weighted by Crippen LogP contribution is -2.28. The molecule has 196 valence electrons. The standard InChI is InChI=1S/C29H28FN3O4S/c1-2-25(20-8-4-3-5-9-20)33-27(21-10-6-7-11-21)32-28(34)26(29(33)35)38(36,37)24-14-12-19(13-15-24)22-16-23(30)18-31-17-22/h3-5,8-9,12-18,21,25,35H,2,6-7,10-11H2,1H3. The van der Waals surface area contributed by atoms with E-state index in [0.29, 0.717) is 23.4 Å². The minimum atomic E-state index is -4.43. The van der Waals surface area contributed by atoms with E-state index in [2.05, 4.69) is 9.97 Å². The van der Waals surface area contributed by atoms with E-state index in [0.717, 1.165) is 37.4 Å². The zero-order valence-electron chi connectivity index (χ0n) is 20.9. The van der Waals surface area contributed by atoms with Crippen LogP contribution in [0.25, 0.3) is 11.1 Å². The molecule has 1 N–H and O–H groups in total. The second kappa shape index (κ2) is 10.5. The van der Waals surface area contributed by atoms with Gasteiger partial charge in [-0.05, 0) is 48.6 Å². The number of hydrogen-bond acceptors (Lipinski definition) is 6. The predicted molar refractivity (Wildman–Crippen MR) is 141 cm³/mol. The molecule has 1 atom stereocenters. The Labute approximate surface area is 220 Å². The maximum Gasteiger partial charge on any atom is 0.296 e. The maximum absolute atomic E-state index is 13.7. The van der Waals surface area contributed by atoms with E-state index in [-0.39, 0.29) is 10.8 Å². The topological polar surface area (TPSA) is 102 Å². The molecular formula is C29H28FN3O4S. The Balaban J connectivity index is 1.65. The van der Waals surface area contributed by atoms with E-state index in [4.69, 9.17) is 0 Å². The van der Waals surface area contributed by atoms with Gasteiger partial charge in [0.1, 0.15) is 11.6 Å². The molecule has 0 aliphatic heterocycles. The lowest BCUT2D eigenvalue weighted by atomic mass is 10.0. The number of benzene rings is 2. The number of halogens is 1. The molecule has 0 saturated heterocycles. The largest absolute Gasteiger partial charge is 0.493 e. The molecule has 1 fully saturated rings. The van der Waals surface area contributed by atoms with Crippen molar-refractivity contribution in [2.75, 3.05) is 0 Å². The summed E-state index contributed by atoms with van der Waals surface area (Å²) in [6, 6.07) is 16.1. The molecule has 1 aliphatic carbocycles. The Morgan fingerprint density at radius 1 is 1.03 bits per heavy atom. The smallest absolute Gasteiger partial charge is 0.296 e. The summed E-state index contributed by atoms with van der Waals surface area (Å²) in [7, 11) is -4.43. The number of aromatic nitrogens is 3. The minimum Gasteiger partial charge on any atom is -0.493 e. The van der Waals surface area contributed by atoms with Crippen LogP contribution in [-0.2, 0) is 9.84 Å². The zero-order valence-corrected chi connectivity index (χ0v) is 21.7. The number of nitrogens with zero attached hydrogens (tertiary/aromatic N) is 3. The Kier molecular flexibility index (Phi) is 7.12. The Bertz CT molecular complexity index is 1610. The van der Waals surface area contributed by atoms with Gasteiger partial charge in [-0.3, -0.25) is 14.3 Å². The highest BCUT2D eigenvalue weighted by Gasteiger charge is 2.34. The summed E-state index contributed by atoms with van der Waals surface area (Å²) >= 11 is 0. The summed E-state index contributed by atoms with van der Waals surface area (Å²) in [5.41, 5.74) is 0.950. The quantitative estimate of drug-likeness (QED) is 0.330. The van der Waals surface area contributed by atoms with Gasteiger partial charge in [0.15, 0.2) is 4.90 Å². The summed E-state index contributed by atoms with van der Waals surface area (Å²) in [5, 5.41) is 11.5. The molecule has 4 aromatic rings. The highest BCUT2D eigenvalue weighted by Crippen LogP contribution is 2.39. The Hall–Kier alpha value is -3.85. The normalized spacial score (nSPS) is 15.0. The van der Waals surface area contributed by atoms with E-state index >= 15 is 0 Å². The average Bonchev–Trinajstić information content (AvgIpc) is 3.46. The van der Waals surface area contributed by atoms with Crippen molar-refractivity contribution in [2.45, 2.75) is 60.8 Å². The van der Waals surface area contributed by atoms with Gasteiger partial charge in [-0.2, -0.15) is 4.98 Å². The van der Waals surface area contributed by atoms with Crippen molar-refractivity contribution in [3.63, 3.8) is 0 Å². The third kappa shape index (κ3) is 4.74. The zero-order chi connectivity index (χ0) is 26.9. The molecule has 1 saturated carbocycles. The van der Waals surface area contributed by atoms with E-state index in [9.17, 15) is 22.7 Å². The molecule has 38 heavy (non-hydrogen) atoms. The summed E-state index contributed by atoms with van der Waals surface area (Å²) < 4.78 is 42.6. The van der Waals surface area contributed by atoms with E-state index in [1.807, 2.05) is 37.3 Å². The first-order chi connectivity index (χ1) is 18.3. The molecule has 2 aromatic carbocycles. The second-order valence-corrected chi connectivity index (χ2v) is 11.4. The van der Waals surface area contributed by atoms with Gasteiger partial charge in [-0.25, -0.2) is 12.8 Å². The van der Waals surface area contributed by atoms with Crippen molar-refractivity contribution in [3.8, 4) is 17.0 Å². The Morgan fingerprint density at radius 2 is 1.71 bits per heavy atom. The highest BCUT2D eigenvalue weighted by atomic mass is 32.2. The van der Waals surface area contributed by atoms with E-state index in [1.165, 1.54) is 36.5 Å². The molecule has 5 rings (SSSR count). The van der Waals surface area contributed by atoms with Gasteiger partial charge in [-0.15, -0.1) is 0 Å². The predicted octanol–water partition coefficient (Wildman–Crippen LogP) is 5.64. The van der Waals surface area contributed by atoms with Gasteiger partial charge >= 0.3 is 0 Å². The fourth-order valence-electron chi connectivity index (χ4n) is 5.29. The van der Waals surface area contributed by atoms with Gasteiger partial charge in [-0.1, -0.05) is 62.2 Å². The summed E-state index contributed by atoms with van der Waals surface area (Å²) in [6.07, 6.45) is 6.71. The molecule has 0 radical (unpaired) electrons. The number of rotatable bonds is 7. The van der Waals surface area contributed by atoms with Crippen molar-refractivity contribution in [1.82, 2.24) is 14.5 Å². The molecule has 0 spiro atoms. The highest BCUT2D eigenvalue weighted by molar-refractivity contribution is 7.91. The van der Waals surface area contributed by atoms with Crippen LogP contribution in [0.3, 0.4) is 0 Å². The molecular weight excluding hydrogens is 505 g/mol. The molecule has 2 heterocycles. The first kappa shape index (κ1) is 25.8. The van der Waals surface area contributed by atoms with Gasteiger partial charge in [0, 0.05) is 17.7 Å². The van der Waals surface area contributed by atoms with Crippen molar-refractivity contribution in [1.29, 1.82) is 0 Å². The average molecular weight is 534 g/mol. The molecule has 0 bridgehead atoms. The fraction of sp³-hybridized carbons (Fsp3) is 0.276. The van der Waals surface area contributed by atoms with Crippen LogP contribution < -0.4 is 5.56 Å². The third-order valence-corrected chi connectivity index (χ3v) is 8.95. The summed E-state index contributed by atoms with van der Waals surface area (Å²) in [5.74, 6) is -0.723. The van der Waals surface area contributed by atoms with Crippen LogP contribution in [0.5, 0.6) is 5.88 Å². The lowest BCUT2D eigenvalue weighted by Gasteiger charge is -2.27. The van der Waals surface area contributed by atoms with Gasteiger partial charge < -0.3 is 5.11 Å². The molecule has 1 aliphatic rings. The van der Waals surface area contributed by atoms with Crippen LogP contribution >= 0.6 is 0 Å². The number of hydrogen-bond donors (Lipinski definition) is 1. The molecule has 2 aromatic heterocycles. The number of pyridine rings is 1. The van der Waals surface area contributed by atoms with Gasteiger partial charge in [0.05, 0.1) is 17.1 Å². The van der Waals surface area contributed by atoms with Gasteiger partial charge in [0.2, 0.25) is 15.7 Å². The van der Waals surface area contributed by atoms with Crippen LogP contribution in [0.15, 0.2) is 87.6 Å². The first-order valence-corrected chi connectivity index (χ1v) is 14.2. The van der Waals surface area contributed by atoms with Crippen LogP contribution in [0.2, 0.25) is 0 Å². The van der Waals surface area contributed by atoms with E-state index in [1.54, 1.807) is 4.57 Å². The summed E-state index contributed by atoms with van der Waals surface area (Å²) in [4.78, 5) is 20.5. The van der Waals surface area contributed by atoms with E-state index < -0.39 is 38.0 Å². The summed E-state index contributed by atoms with van der Waals surface area (Å²) in [6.45, 7) is 1.95. The van der Waals surface area contributed by atoms with Gasteiger partial charge in [0.25, 0.3) is 5.56 Å². The molecule has 7 nitrogen and oxygen atoms in total. The Morgan fingerprint density at radius 3 is 2.34 bits per heavy atom. The second-order valence-electron chi connectivity index (χ2n) is 9.53. The van der Waals surface area contributed by atoms with Crippen molar-refractivity contribution < 1.29 is 17.9 Å². The van der Waals surface area contributed by atoms with Crippen molar-refractivity contribution in [3.05, 3.63) is 101 Å². The van der Waals surface area contributed by atoms with Crippen LogP contribution in [0.1, 0.15) is 62.4 Å².